The highest BCUT2D eigenvalue weighted by atomic mass is 35.5. The van der Waals surface area contributed by atoms with Gasteiger partial charge in [0.15, 0.2) is 5.75 Å². The van der Waals surface area contributed by atoms with Crippen molar-refractivity contribution in [2.24, 2.45) is 0 Å². The second kappa shape index (κ2) is 6.93. The van der Waals surface area contributed by atoms with Gasteiger partial charge in [0.25, 0.3) is 6.43 Å². The summed E-state index contributed by atoms with van der Waals surface area (Å²) >= 11 is 0. The van der Waals surface area contributed by atoms with Crippen molar-refractivity contribution in [3.63, 3.8) is 0 Å². The van der Waals surface area contributed by atoms with Crippen LogP contribution in [0.15, 0.2) is 12.1 Å². The lowest BCUT2D eigenvalue weighted by atomic mass is 10.1. The van der Waals surface area contributed by atoms with Gasteiger partial charge in [-0.25, -0.2) is 13.2 Å². The number of halogens is 4. The molecule has 2 N–H and O–H groups in total. The maximum Gasteiger partial charge on any atom is 0.267 e. The van der Waals surface area contributed by atoms with Crippen molar-refractivity contribution in [1.82, 2.24) is 5.32 Å². The number of nitrogens with zero attached hydrogens (tertiary/aromatic N) is 1. The highest BCUT2D eigenvalue weighted by molar-refractivity contribution is 5.85. The molecular formula is C14H18ClF3N2O2. The highest BCUT2D eigenvalue weighted by Gasteiger charge is 2.34. The Balaban J connectivity index is 0.00000176. The summed E-state index contributed by atoms with van der Waals surface area (Å²) in [6.07, 6.45) is -2.89. The van der Waals surface area contributed by atoms with Crippen LogP contribution in [0.25, 0.3) is 0 Å². The van der Waals surface area contributed by atoms with Gasteiger partial charge in [-0.2, -0.15) is 0 Å². The van der Waals surface area contributed by atoms with Crippen LogP contribution in [0.4, 0.5) is 18.9 Å². The van der Waals surface area contributed by atoms with E-state index in [4.69, 9.17) is 4.74 Å². The van der Waals surface area contributed by atoms with E-state index in [1.807, 2.05) is 4.90 Å². The fourth-order valence-electron chi connectivity index (χ4n) is 3.02. The average Bonchev–Trinajstić information content (AvgIpc) is 2.63. The average molecular weight is 339 g/mol. The van der Waals surface area contributed by atoms with E-state index >= 15 is 0 Å². The summed E-state index contributed by atoms with van der Waals surface area (Å²) < 4.78 is 45.6. The van der Waals surface area contributed by atoms with Crippen molar-refractivity contribution >= 4 is 18.1 Å². The van der Waals surface area contributed by atoms with Gasteiger partial charge >= 0.3 is 0 Å². The van der Waals surface area contributed by atoms with Crippen molar-refractivity contribution in [1.29, 1.82) is 0 Å². The molecule has 1 fully saturated rings. The number of benzene rings is 1. The number of aliphatic hydroxyl groups is 1. The summed E-state index contributed by atoms with van der Waals surface area (Å²) in [6, 6.07) is 2.03. The van der Waals surface area contributed by atoms with Gasteiger partial charge in [0, 0.05) is 38.2 Å². The van der Waals surface area contributed by atoms with Crippen molar-refractivity contribution < 1.29 is 23.0 Å². The summed E-state index contributed by atoms with van der Waals surface area (Å²) in [5.74, 6) is -0.706. The normalized spacial score (nSPS) is 24.0. The van der Waals surface area contributed by atoms with E-state index in [2.05, 4.69) is 5.32 Å². The molecule has 2 atom stereocenters. The molecule has 4 nitrogen and oxygen atoms in total. The van der Waals surface area contributed by atoms with E-state index in [1.54, 1.807) is 0 Å². The third-order valence-corrected chi connectivity index (χ3v) is 3.98. The zero-order valence-electron chi connectivity index (χ0n) is 11.8. The monoisotopic (exact) mass is 338 g/mol. The molecule has 124 valence electrons. The van der Waals surface area contributed by atoms with Crippen molar-refractivity contribution in [3.8, 4) is 5.75 Å². The molecule has 2 heterocycles. The fraction of sp³-hybridized carbons (Fsp3) is 0.571. The third kappa shape index (κ3) is 3.11. The van der Waals surface area contributed by atoms with Crippen LogP contribution in [-0.2, 0) is 0 Å². The summed E-state index contributed by atoms with van der Waals surface area (Å²) in [6.45, 7) is 1.68. The van der Waals surface area contributed by atoms with E-state index < -0.39 is 23.9 Å². The van der Waals surface area contributed by atoms with Crippen LogP contribution in [-0.4, -0.2) is 43.5 Å². The van der Waals surface area contributed by atoms with Gasteiger partial charge in [0.05, 0.1) is 17.9 Å². The molecule has 8 heteroatoms. The number of piperazine rings is 1. The van der Waals surface area contributed by atoms with Gasteiger partial charge in [0.1, 0.15) is 11.9 Å². The van der Waals surface area contributed by atoms with E-state index in [9.17, 15) is 18.3 Å². The number of hydrogen-bond acceptors (Lipinski definition) is 4. The Morgan fingerprint density at radius 2 is 2.18 bits per heavy atom. The molecule has 0 bridgehead atoms. The number of nitrogens with one attached hydrogen (secondary N) is 1. The first-order chi connectivity index (χ1) is 10.1. The number of rotatable bonds is 2. The number of anilines is 1. The Hall–Kier alpha value is -1.18. The first-order valence-corrected chi connectivity index (χ1v) is 6.96. The second-order valence-corrected chi connectivity index (χ2v) is 5.35. The second-order valence-electron chi connectivity index (χ2n) is 5.35. The highest BCUT2D eigenvalue weighted by Crippen LogP contribution is 2.42. The quantitative estimate of drug-likeness (QED) is 0.867. The van der Waals surface area contributed by atoms with Gasteiger partial charge in [-0.1, -0.05) is 0 Å². The molecule has 0 saturated carbocycles. The Morgan fingerprint density at radius 1 is 1.41 bits per heavy atom. The van der Waals surface area contributed by atoms with Crippen LogP contribution in [0, 0.1) is 5.82 Å². The molecule has 1 aromatic carbocycles. The molecular weight excluding hydrogens is 321 g/mol. The molecule has 3 rings (SSSR count). The summed E-state index contributed by atoms with van der Waals surface area (Å²) in [7, 11) is 0. The lowest BCUT2D eigenvalue weighted by molar-refractivity contribution is 0.0967. The number of hydrogen-bond donors (Lipinski definition) is 2. The van der Waals surface area contributed by atoms with Gasteiger partial charge in [0.2, 0.25) is 0 Å². The zero-order valence-corrected chi connectivity index (χ0v) is 12.6. The molecule has 2 aliphatic heterocycles. The van der Waals surface area contributed by atoms with Gasteiger partial charge in [-0.05, 0) is 6.07 Å². The van der Waals surface area contributed by atoms with Gasteiger partial charge < -0.3 is 20.1 Å². The first-order valence-electron chi connectivity index (χ1n) is 6.96. The van der Waals surface area contributed by atoms with E-state index in [0.29, 0.717) is 31.7 Å². The maximum absolute atomic E-state index is 13.7. The van der Waals surface area contributed by atoms with E-state index in [-0.39, 0.29) is 30.8 Å². The molecule has 0 spiro atoms. The molecule has 0 radical (unpaired) electrons. The number of aliphatic hydroxyl groups excluding tert-OH is 1. The predicted molar refractivity (Wildman–Crippen MR) is 78.7 cm³/mol. The van der Waals surface area contributed by atoms with Crippen LogP contribution < -0.4 is 15.0 Å². The molecule has 22 heavy (non-hydrogen) atoms. The minimum absolute atomic E-state index is 0. The molecule has 1 saturated heterocycles. The molecule has 2 aliphatic rings. The van der Waals surface area contributed by atoms with Crippen LogP contribution in [0.2, 0.25) is 0 Å². The molecule has 0 unspecified atom stereocenters. The van der Waals surface area contributed by atoms with Gasteiger partial charge in [-0.15, -0.1) is 12.4 Å². The Bertz CT molecular complexity index is 533. The Morgan fingerprint density at radius 3 is 2.86 bits per heavy atom. The minimum Gasteiger partial charge on any atom is -0.485 e. The number of fused-ring (bicyclic) bond motifs is 3. The van der Waals surface area contributed by atoms with Gasteiger partial charge in [-0.3, -0.25) is 0 Å². The van der Waals surface area contributed by atoms with Crippen LogP contribution >= 0.6 is 12.4 Å². The summed E-state index contributed by atoms with van der Waals surface area (Å²) in [4.78, 5) is 1.90. The molecule has 0 aromatic heterocycles. The number of ether oxygens (including phenoxy) is 1. The fourth-order valence-corrected chi connectivity index (χ4v) is 3.02. The maximum atomic E-state index is 13.7. The predicted octanol–water partition coefficient (Wildman–Crippen LogP) is 2.11. The summed E-state index contributed by atoms with van der Waals surface area (Å²) in [5, 5.41) is 12.6. The van der Waals surface area contributed by atoms with Crippen LogP contribution in [0.1, 0.15) is 18.4 Å². The topological polar surface area (TPSA) is 44.7 Å². The van der Waals surface area contributed by atoms with E-state index in [0.717, 1.165) is 6.07 Å². The third-order valence-electron chi connectivity index (χ3n) is 3.98. The first kappa shape index (κ1) is 17.2. The molecule has 0 amide bonds. The minimum atomic E-state index is -2.83. The molecule has 1 aromatic rings. The van der Waals surface area contributed by atoms with Crippen molar-refractivity contribution in [2.75, 3.05) is 31.1 Å². The molecule has 0 aliphatic carbocycles. The van der Waals surface area contributed by atoms with Crippen molar-refractivity contribution in [2.45, 2.75) is 25.0 Å². The lowest BCUT2D eigenvalue weighted by Crippen LogP contribution is -2.52. The van der Waals surface area contributed by atoms with Crippen LogP contribution in [0.5, 0.6) is 5.75 Å². The standard InChI is InChI=1S/C14H17F3N2O2.ClH/c15-8-3-11(14(16)17)13-12(4-8)19-2-1-18-6-9(19)5-10(7-20)21-13;/h3-4,9-10,14,18,20H,1-2,5-7H2;1H/t9-,10+;/m1./s1. The smallest absolute Gasteiger partial charge is 0.267 e. The largest absolute Gasteiger partial charge is 0.485 e. The summed E-state index contributed by atoms with van der Waals surface area (Å²) in [5.41, 5.74) is -0.101. The number of alkyl halides is 2. The Labute approximate surface area is 132 Å². The Kier molecular flexibility index (Phi) is 5.41. The zero-order chi connectivity index (χ0) is 15.0. The SMILES string of the molecule is Cl.OC[C@@H]1C[C@@H]2CNCCN2c2cc(F)cc(C(F)F)c2O1. The van der Waals surface area contributed by atoms with E-state index in [1.165, 1.54) is 6.07 Å². The lowest BCUT2D eigenvalue weighted by Gasteiger charge is -2.37. The van der Waals surface area contributed by atoms with Crippen molar-refractivity contribution in [3.05, 3.63) is 23.5 Å². The van der Waals surface area contributed by atoms with Crippen LogP contribution in [0.3, 0.4) is 0 Å².